The monoisotopic (exact) mass is 239 g/mol. The number of hydrogen-bond donors (Lipinski definition) is 2. The summed E-state index contributed by atoms with van der Waals surface area (Å²) in [7, 11) is 0. The number of allylic oxidation sites excluding steroid dienone is 1. The summed E-state index contributed by atoms with van der Waals surface area (Å²) in [4.78, 5) is 10.1. The van der Waals surface area contributed by atoms with Gasteiger partial charge in [0.2, 0.25) is 0 Å². The maximum Gasteiger partial charge on any atom is 0.274 e. The summed E-state index contributed by atoms with van der Waals surface area (Å²) < 4.78 is 0. The molecule has 0 aliphatic rings. The third-order valence-corrected chi connectivity index (χ3v) is 2.33. The molecule has 16 heavy (non-hydrogen) atoms. The smallest absolute Gasteiger partial charge is 0.274 e. The zero-order valence-corrected chi connectivity index (χ0v) is 9.56. The van der Waals surface area contributed by atoms with E-state index in [1.165, 1.54) is 6.07 Å². The Balaban J connectivity index is 2.95. The Morgan fingerprint density at radius 1 is 1.50 bits per heavy atom. The number of aliphatic hydroxyl groups excluding tert-OH is 1. The zero-order chi connectivity index (χ0) is 12.0. The van der Waals surface area contributed by atoms with Crippen LogP contribution in [0.25, 0.3) is 6.08 Å². The van der Waals surface area contributed by atoms with E-state index in [9.17, 15) is 10.1 Å². The van der Waals surface area contributed by atoms with Gasteiger partial charge in [-0.3, -0.25) is 10.1 Å². The van der Waals surface area contributed by atoms with Gasteiger partial charge in [0.15, 0.2) is 0 Å². The van der Waals surface area contributed by atoms with Gasteiger partial charge in [-0.1, -0.05) is 12.2 Å². The summed E-state index contributed by atoms with van der Waals surface area (Å²) in [6.07, 6.45) is 4.64. The molecule has 5 heteroatoms. The van der Waals surface area contributed by atoms with E-state index in [0.717, 1.165) is 17.7 Å². The molecule has 0 saturated carbocycles. The summed E-state index contributed by atoms with van der Waals surface area (Å²) in [5.41, 5.74) is 1.13. The average molecular weight is 239 g/mol. The van der Waals surface area contributed by atoms with Crippen molar-refractivity contribution < 1.29 is 10.0 Å². The van der Waals surface area contributed by atoms with Crippen LogP contribution in [0.15, 0.2) is 24.3 Å². The van der Waals surface area contributed by atoms with Crippen molar-refractivity contribution in [1.29, 1.82) is 0 Å². The molecule has 0 aromatic heterocycles. The Labute approximate surface area is 99.2 Å². The number of nitro groups is 1. The zero-order valence-electron chi connectivity index (χ0n) is 8.67. The van der Waals surface area contributed by atoms with E-state index in [4.69, 9.17) is 5.11 Å². The quantitative estimate of drug-likeness (QED) is 0.471. The summed E-state index contributed by atoms with van der Waals surface area (Å²) in [5.74, 6) is 0.760. The topological polar surface area (TPSA) is 63.4 Å². The van der Waals surface area contributed by atoms with Gasteiger partial charge in [0, 0.05) is 6.07 Å². The molecular formula is C11H13NO3S. The summed E-state index contributed by atoms with van der Waals surface area (Å²) in [6.45, 7) is -0.329. The van der Waals surface area contributed by atoms with Crippen LogP contribution < -0.4 is 0 Å². The standard InChI is InChI=1S/C11H13NO3S/c13-8-10-7-9(3-1-2-6-16)4-5-11(10)12(14)15/h1,3-5,7,13,16H,2,6,8H2. The van der Waals surface area contributed by atoms with Gasteiger partial charge in [-0.2, -0.15) is 12.6 Å². The predicted octanol–water partition coefficient (Wildman–Crippen LogP) is 2.42. The third-order valence-electron chi connectivity index (χ3n) is 2.08. The van der Waals surface area contributed by atoms with Crippen LogP contribution in [0.5, 0.6) is 0 Å². The van der Waals surface area contributed by atoms with Crippen molar-refractivity contribution in [3.8, 4) is 0 Å². The Morgan fingerprint density at radius 3 is 2.81 bits per heavy atom. The molecule has 0 spiro atoms. The van der Waals surface area contributed by atoms with Gasteiger partial charge in [0.25, 0.3) is 5.69 Å². The molecule has 1 aromatic rings. The van der Waals surface area contributed by atoms with E-state index >= 15 is 0 Å². The lowest BCUT2D eigenvalue weighted by atomic mass is 10.1. The lowest BCUT2D eigenvalue weighted by Crippen LogP contribution is -1.95. The number of nitro benzene ring substituents is 1. The molecule has 0 radical (unpaired) electrons. The van der Waals surface area contributed by atoms with Crippen LogP contribution in [0.2, 0.25) is 0 Å². The van der Waals surface area contributed by atoms with Crippen LogP contribution in [0.4, 0.5) is 5.69 Å². The van der Waals surface area contributed by atoms with E-state index in [1.807, 2.05) is 12.2 Å². The Hall–Kier alpha value is -1.33. The molecule has 0 fully saturated rings. The van der Waals surface area contributed by atoms with E-state index in [2.05, 4.69) is 12.6 Å². The molecule has 0 aliphatic heterocycles. The van der Waals surface area contributed by atoms with Crippen LogP contribution in [-0.2, 0) is 6.61 Å². The highest BCUT2D eigenvalue weighted by molar-refractivity contribution is 7.80. The summed E-state index contributed by atoms with van der Waals surface area (Å²) in [5, 5.41) is 19.6. The number of benzene rings is 1. The van der Waals surface area contributed by atoms with Gasteiger partial charge in [-0.15, -0.1) is 0 Å². The van der Waals surface area contributed by atoms with E-state index in [-0.39, 0.29) is 12.3 Å². The second-order valence-electron chi connectivity index (χ2n) is 3.22. The van der Waals surface area contributed by atoms with Crippen molar-refractivity contribution in [3.63, 3.8) is 0 Å². The largest absolute Gasteiger partial charge is 0.391 e. The summed E-state index contributed by atoms with van der Waals surface area (Å²) >= 11 is 4.07. The molecule has 0 aliphatic carbocycles. The summed E-state index contributed by atoms with van der Waals surface area (Å²) in [6, 6.07) is 4.69. The highest BCUT2D eigenvalue weighted by Crippen LogP contribution is 2.20. The average Bonchev–Trinajstić information content (AvgIpc) is 2.29. The first-order chi connectivity index (χ1) is 7.69. The molecular weight excluding hydrogens is 226 g/mol. The Morgan fingerprint density at radius 2 is 2.25 bits per heavy atom. The minimum atomic E-state index is -0.493. The maximum absolute atomic E-state index is 10.6. The molecule has 0 unspecified atom stereocenters. The molecule has 1 N–H and O–H groups in total. The normalized spacial score (nSPS) is 10.9. The highest BCUT2D eigenvalue weighted by Gasteiger charge is 2.12. The van der Waals surface area contributed by atoms with Crippen molar-refractivity contribution in [2.24, 2.45) is 0 Å². The third kappa shape index (κ3) is 3.36. The first-order valence-corrected chi connectivity index (χ1v) is 5.48. The Kier molecular flexibility index (Phi) is 5.01. The first kappa shape index (κ1) is 12.7. The fraction of sp³-hybridized carbons (Fsp3) is 0.273. The molecule has 1 aromatic carbocycles. The van der Waals surface area contributed by atoms with Gasteiger partial charge in [-0.25, -0.2) is 0 Å². The number of thiol groups is 1. The molecule has 4 nitrogen and oxygen atoms in total. The van der Waals surface area contributed by atoms with Crippen molar-refractivity contribution in [2.75, 3.05) is 5.75 Å². The van der Waals surface area contributed by atoms with Crippen LogP contribution in [0.3, 0.4) is 0 Å². The number of aliphatic hydroxyl groups is 1. The van der Waals surface area contributed by atoms with Gasteiger partial charge in [0.05, 0.1) is 17.1 Å². The van der Waals surface area contributed by atoms with Gasteiger partial charge >= 0.3 is 0 Å². The fourth-order valence-electron chi connectivity index (χ4n) is 1.31. The second kappa shape index (κ2) is 6.30. The lowest BCUT2D eigenvalue weighted by molar-refractivity contribution is -0.385. The first-order valence-electron chi connectivity index (χ1n) is 4.84. The van der Waals surface area contributed by atoms with E-state index in [0.29, 0.717) is 5.56 Å². The van der Waals surface area contributed by atoms with E-state index in [1.54, 1.807) is 12.1 Å². The van der Waals surface area contributed by atoms with Crippen LogP contribution in [0.1, 0.15) is 17.5 Å². The molecule has 1 rings (SSSR count). The van der Waals surface area contributed by atoms with Gasteiger partial charge < -0.3 is 5.11 Å². The fourth-order valence-corrected chi connectivity index (χ4v) is 1.46. The van der Waals surface area contributed by atoms with Gasteiger partial charge in [-0.05, 0) is 29.9 Å². The minimum Gasteiger partial charge on any atom is -0.391 e. The molecule has 0 heterocycles. The van der Waals surface area contributed by atoms with Crippen LogP contribution >= 0.6 is 12.6 Å². The van der Waals surface area contributed by atoms with Crippen LogP contribution in [0, 0.1) is 10.1 Å². The SMILES string of the molecule is O=[N+]([O-])c1ccc(C=CCCS)cc1CO. The highest BCUT2D eigenvalue weighted by atomic mass is 32.1. The van der Waals surface area contributed by atoms with Crippen LogP contribution in [-0.4, -0.2) is 15.8 Å². The van der Waals surface area contributed by atoms with Crippen molar-refractivity contribution in [3.05, 3.63) is 45.5 Å². The van der Waals surface area contributed by atoms with E-state index < -0.39 is 4.92 Å². The van der Waals surface area contributed by atoms with Crippen molar-refractivity contribution in [1.82, 2.24) is 0 Å². The second-order valence-corrected chi connectivity index (χ2v) is 3.67. The van der Waals surface area contributed by atoms with Crippen molar-refractivity contribution >= 4 is 24.4 Å². The number of hydrogen-bond acceptors (Lipinski definition) is 4. The molecule has 0 atom stereocenters. The molecule has 0 saturated heterocycles. The maximum atomic E-state index is 10.6. The molecule has 0 bridgehead atoms. The lowest BCUT2D eigenvalue weighted by Gasteiger charge is -2.00. The van der Waals surface area contributed by atoms with Crippen molar-refractivity contribution in [2.45, 2.75) is 13.0 Å². The minimum absolute atomic E-state index is 0.0474. The Bertz CT molecular complexity index is 404. The molecule has 86 valence electrons. The predicted molar refractivity (Wildman–Crippen MR) is 66.5 cm³/mol. The molecule has 0 amide bonds. The number of rotatable bonds is 5. The number of nitrogens with zero attached hydrogens (tertiary/aromatic N) is 1. The van der Waals surface area contributed by atoms with Gasteiger partial charge in [0.1, 0.15) is 0 Å².